The van der Waals surface area contributed by atoms with Crippen LogP contribution in [0.5, 0.6) is 0 Å². The Morgan fingerprint density at radius 3 is 2.61 bits per heavy atom. The van der Waals surface area contributed by atoms with Crippen molar-refractivity contribution in [2.24, 2.45) is 0 Å². The molecule has 126 valence electrons. The minimum absolute atomic E-state index is 0.0468. The fraction of sp³-hybridized carbons (Fsp3) is 0.667. The van der Waals surface area contributed by atoms with Gasteiger partial charge in [0.2, 0.25) is 0 Å². The van der Waals surface area contributed by atoms with Crippen LogP contribution in [0.3, 0.4) is 0 Å². The smallest absolute Gasteiger partial charge is 0.408 e. The van der Waals surface area contributed by atoms with E-state index in [4.69, 9.17) is 4.74 Å². The van der Waals surface area contributed by atoms with Crippen LogP contribution in [0.4, 0.5) is 4.79 Å². The fourth-order valence-corrected chi connectivity index (χ4v) is 2.21. The zero-order valence-corrected chi connectivity index (χ0v) is 13.0. The summed E-state index contributed by atoms with van der Waals surface area (Å²) in [5, 5.41) is 24.4. The molecule has 2 rings (SSSR count). The third-order valence-corrected chi connectivity index (χ3v) is 3.24. The first-order valence-electron chi connectivity index (χ1n) is 6.90. The molecule has 1 aliphatic rings. The zero-order chi connectivity index (χ0) is 17.3. The topological polar surface area (TPSA) is 150 Å². The van der Waals surface area contributed by atoms with Crippen molar-refractivity contribution in [3.63, 3.8) is 0 Å². The Labute approximate surface area is 131 Å². The molecular formula is C12H18N6O5. The van der Waals surface area contributed by atoms with E-state index in [1.165, 1.54) is 4.90 Å². The molecule has 0 saturated carbocycles. The number of amides is 2. The number of H-pyrrole nitrogens is 1. The van der Waals surface area contributed by atoms with Crippen LogP contribution in [-0.4, -0.2) is 72.8 Å². The number of nitrogens with one attached hydrogen (secondary N) is 2. The number of hydrogen-bond donors (Lipinski definition) is 3. The Balaban J connectivity index is 2.10. The predicted molar refractivity (Wildman–Crippen MR) is 74.4 cm³/mol. The van der Waals surface area contributed by atoms with Crippen LogP contribution < -0.4 is 5.32 Å². The summed E-state index contributed by atoms with van der Waals surface area (Å²) in [5.74, 6) is -1.97. The number of aliphatic carboxylic acids is 1. The Morgan fingerprint density at radius 1 is 1.39 bits per heavy atom. The molecule has 1 atom stereocenters. The Morgan fingerprint density at radius 2 is 2.09 bits per heavy atom. The number of alkyl carbamates (subject to hydrolysis) is 1. The Hall–Kier alpha value is -2.72. The van der Waals surface area contributed by atoms with Gasteiger partial charge in [0.05, 0.1) is 6.54 Å². The first-order valence-corrected chi connectivity index (χ1v) is 6.90. The second-order valence-electron chi connectivity index (χ2n) is 6.23. The first kappa shape index (κ1) is 16.6. The number of likely N-dealkylation sites (tertiary alicyclic amines) is 1. The normalized spacial score (nSPS) is 21.1. The van der Waals surface area contributed by atoms with Gasteiger partial charge in [0.1, 0.15) is 5.60 Å². The number of aromatic amines is 1. The molecular weight excluding hydrogens is 308 g/mol. The lowest BCUT2D eigenvalue weighted by molar-refractivity contribution is -0.144. The molecule has 3 N–H and O–H groups in total. The highest BCUT2D eigenvalue weighted by atomic mass is 16.6. The molecule has 2 heterocycles. The van der Waals surface area contributed by atoms with E-state index in [1.807, 2.05) is 0 Å². The standard InChI is InChI=1S/C12H18N6O5/c1-11(2,3)23-10(22)13-12(9(20)21)4-5-18(6-12)8(19)7-14-16-17-15-7/h4-6H2,1-3H3,(H,13,22)(H,20,21)(H,14,15,16,17). The molecule has 1 aromatic rings. The van der Waals surface area contributed by atoms with Crippen molar-refractivity contribution < 1.29 is 24.2 Å². The summed E-state index contributed by atoms with van der Waals surface area (Å²) >= 11 is 0. The zero-order valence-electron chi connectivity index (χ0n) is 13.0. The van der Waals surface area contributed by atoms with Gasteiger partial charge in [-0.25, -0.2) is 9.59 Å². The Kier molecular flexibility index (Phi) is 4.21. The summed E-state index contributed by atoms with van der Waals surface area (Å²) in [7, 11) is 0. The minimum Gasteiger partial charge on any atom is -0.479 e. The van der Waals surface area contributed by atoms with Crippen LogP contribution in [0.1, 0.15) is 37.8 Å². The van der Waals surface area contributed by atoms with Gasteiger partial charge >= 0.3 is 12.1 Å². The molecule has 1 aromatic heterocycles. The molecule has 0 radical (unpaired) electrons. The van der Waals surface area contributed by atoms with Crippen molar-refractivity contribution in [3.8, 4) is 0 Å². The van der Waals surface area contributed by atoms with E-state index in [0.29, 0.717) is 0 Å². The van der Waals surface area contributed by atoms with Crippen molar-refractivity contribution in [2.45, 2.75) is 38.3 Å². The molecule has 0 aliphatic carbocycles. The van der Waals surface area contributed by atoms with E-state index < -0.39 is 29.1 Å². The highest BCUT2D eigenvalue weighted by Crippen LogP contribution is 2.23. The van der Waals surface area contributed by atoms with Crippen LogP contribution in [0.2, 0.25) is 0 Å². The van der Waals surface area contributed by atoms with E-state index in [2.05, 4.69) is 25.9 Å². The van der Waals surface area contributed by atoms with Gasteiger partial charge in [0.25, 0.3) is 11.7 Å². The van der Waals surface area contributed by atoms with Gasteiger partial charge < -0.3 is 20.1 Å². The lowest BCUT2D eigenvalue weighted by Gasteiger charge is -2.28. The summed E-state index contributed by atoms with van der Waals surface area (Å²) in [6.45, 7) is 4.92. The van der Waals surface area contributed by atoms with Crippen LogP contribution in [0, 0.1) is 0 Å². The molecule has 11 heteroatoms. The average Bonchev–Trinajstić information content (AvgIpc) is 3.05. The number of hydrogen-bond acceptors (Lipinski definition) is 7. The van der Waals surface area contributed by atoms with Gasteiger partial charge in [-0.3, -0.25) is 4.79 Å². The lowest BCUT2D eigenvalue weighted by Crippen LogP contribution is -2.57. The SMILES string of the molecule is CC(C)(C)OC(=O)NC1(C(=O)O)CCN(C(=O)c2nn[nH]n2)C1. The van der Waals surface area contributed by atoms with E-state index in [-0.39, 0.29) is 25.3 Å². The maximum atomic E-state index is 12.1. The molecule has 1 fully saturated rings. The summed E-state index contributed by atoms with van der Waals surface area (Å²) in [4.78, 5) is 36.9. The summed E-state index contributed by atoms with van der Waals surface area (Å²) < 4.78 is 5.09. The molecule has 0 aromatic carbocycles. The highest BCUT2D eigenvalue weighted by Gasteiger charge is 2.48. The molecule has 0 bridgehead atoms. The van der Waals surface area contributed by atoms with Crippen LogP contribution in [0.15, 0.2) is 0 Å². The van der Waals surface area contributed by atoms with Crippen LogP contribution in [-0.2, 0) is 9.53 Å². The third kappa shape index (κ3) is 3.73. The van der Waals surface area contributed by atoms with Gasteiger partial charge in [-0.05, 0) is 26.0 Å². The van der Waals surface area contributed by atoms with Gasteiger partial charge in [0, 0.05) is 13.0 Å². The number of nitrogens with zero attached hydrogens (tertiary/aromatic N) is 4. The number of carbonyl (C=O) groups is 3. The summed E-state index contributed by atoms with van der Waals surface area (Å²) in [5.41, 5.74) is -2.37. The largest absolute Gasteiger partial charge is 0.479 e. The van der Waals surface area contributed by atoms with Gasteiger partial charge in [-0.15, -0.1) is 10.2 Å². The molecule has 1 unspecified atom stereocenters. The van der Waals surface area contributed by atoms with Gasteiger partial charge in [-0.1, -0.05) is 0 Å². The number of carboxylic acids is 1. The van der Waals surface area contributed by atoms with Crippen molar-refractivity contribution in [2.75, 3.05) is 13.1 Å². The Bertz CT molecular complexity index is 610. The molecule has 11 nitrogen and oxygen atoms in total. The first-order chi connectivity index (χ1) is 10.6. The molecule has 1 saturated heterocycles. The average molecular weight is 326 g/mol. The molecule has 23 heavy (non-hydrogen) atoms. The number of tetrazole rings is 1. The molecule has 0 spiro atoms. The number of carbonyl (C=O) groups excluding carboxylic acids is 2. The van der Waals surface area contributed by atoms with Gasteiger partial charge in [-0.2, -0.15) is 5.21 Å². The third-order valence-electron chi connectivity index (χ3n) is 3.24. The number of rotatable bonds is 3. The van der Waals surface area contributed by atoms with Crippen molar-refractivity contribution in [1.29, 1.82) is 0 Å². The maximum absolute atomic E-state index is 12.1. The maximum Gasteiger partial charge on any atom is 0.408 e. The van der Waals surface area contributed by atoms with Crippen LogP contribution in [0.25, 0.3) is 0 Å². The van der Waals surface area contributed by atoms with E-state index >= 15 is 0 Å². The minimum atomic E-state index is -1.61. The number of ether oxygens (including phenoxy) is 1. The quantitative estimate of drug-likeness (QED) is 0.665. The molecule has 1 aliphatic heterocycles. The summed E-state index contributed by atoms with van der Waals surface area (Å²) in [6.07, 6.45) is -0.806. The second kappa shape index (κ2) is 5.82. The van der Waals surface area contributed by atoms with Crippen LogP contribution >= 0.6 is 0 Å². The van der Waals surface area contributed by atoms with Crippen molar-refractivity contribution in [1.82, 2.24) is 30.8 Å². The van der Waals surface area contributed by atoms with E-state index in [1.54, 1.807) is 20.8 Å². The number of aromatic nitrogens is 4. The van der Waals surface area contributed by atoms with E-state index in [9.17, 15) is 19.5 Å². The number of carboxylic acid groups (broad SMARTS) is 1. The van der Waals surface area contributed by atoms with Gasteiger partial charge in [0.15, 0.2) is 5.54 Å². The lowest BCUT2D eigenvalue weighted by atomic mass is 9.99. The second-order valence-corrected chi connectivity index (χ2v) is 6.23. The fourth-order valence-electron chi connectivity index (χ4n) is 2.21. The summed E-state index contributed by atoms with van der Waals surface area (Å²) in [6, 6.07) is 0. The highest BCUT2D eigenvalue weighted by molar-refractivity contribution is 5.92. The monoisotopic (exact) mass is 326 g/mol. The van der Waals surface area contributed by atoms with Crippen molar-refractivity contribution >= 4 is 18.0 Å². The van der Waals surface area contributed by atoms with E-state index in [0.717, 1.165) is 0 Å². The van der Waals surface area contributed by atoms with Crippen molar-refractivity contribution in [3.05, 3.63) is 5.82 Å². The molecule has 2 amide bonds. The predicted octanol–water partition coefficient (Wildman–Crippen LogP) is -0.606.